The van der Waals surface area contributed by atoms with E-state index in [1.807, 2.05) is 30.3 Å². The molecule has 1 aromatic rings. The van der Waals surface area contributed by atoms with Crippen molar-refractivity contribution >= 4 is 17.9 Å². The number of nitrogens with zero attached hydrogens (tertiary/aromatic N) is 1. The van der Waals surface area contributed by atoms with E-state index in [2.05, 4.69) is 5.32 Å². The summed E-state index contributed by atoms with van der Waals surface area (Å²) in [6.45, 7) is 2.15. The van der Waals surface area contributed by atoms with E-state index in [1.165, 1.54) is 4.90 Å². The van der Waals surface area contributed by atoms with Crippen molar-refractivity contribution in [2.75, 3.05) is 6.54 Å². The molecule has 3 N–H and O–H groups in total. The smallest absolute Gasteiger partial charge is 0.408 e. The number of ether oxygens (including phenoxy) is 1. The van der Waals surface area contributed by atoms with Gasteiger partial charge in [0.1, 0.15) is 18.7 Å². The molecule has 124 valence electrons. The van der Waals surface area contributed by atoms with Crippen LogP contribution in [0.3, 0.4) is 0 Å². The highest BCUT2D eigenvalue weighted by Crippen LogP contribution is 2.17. The molecule has 0 radical (unpaired) electrons. The maximum atomic E-state index is 12.3. The number of hydrogen-bond acceptors (Lipinski definition) is 4. The number of nitrogens with one attached hydrogen (secondary N) is 1. The Morgan fingerprint density at radius 3 is 2.70 bits per heavy atom. The molecule has 0 spiro atoms. The van der Waals surface area contributed by atoms with Crippen LogP contribution in [-0.4, -0.2) is 41.4 Å². The largest absolute Gasteiger partial charge is 0.445 e. The highest BCUT2D eigenvalue weighted by atomic mass is 16.5. The zero-order chi connectivity index (χ0) is 16.8. The molecule has 1 saturated heterocycles. The van der Waals surface area contributed by atoms with Crippen molar-refractivity contribution in [1.82, 2.24) is 10.2 Å². The van der Waals surface area contributed by atoms with E-state index in [0.29, 0.717) is 13.0 Å². The Morgan fingerprint density at radius 1 is 1.35 bits per heavy atom. The van der Waals surface area contributed by atoms with Crippen LogP contribution < -0.4 is 11.1 Å². The van der Waals surface area contributed by atoms with Crippen LogP contribution in [0.25, 0.3) is 0 Å². The first kappa shape index (κ1) is 16.8. The summed E-state index contributed by atoms with van der Waals surface area (Å²) in [6, 6.07) is 7.87. The topological polar surface area (TPSA) is 102 Å². The molecule has 2 rings (SSSR count). The van der Waals surface area contributed by atoms with E-state index in [1.54, 1.807) is 6.92 Å². The SMILES string of the molecule is C[C@@H](NC(=O)OCc1ccccc1)C(=O)N1CCC[C@H]1C(N)=O. The molecule has 0 saturated carbocycles. The van der Waals surface area contributed by atoms with Crippen molar-refractivity contribution in [3.05, 3.63) is 35.9 Å². The van der Waals surface area contributed by atoms with Crippen molar-refractivity contribution in [3.63, 3.8) is 0 Å². The zero-order valence-corrected chi connectivity index (χ0v) is 13.0. The van der Waals surface area contributed by atoms with Gasteiger partial charge < -0.3 is 20.7 Å². The van der Waals surface area contributed by atoms with Crippen LogP contribution in [0.15, 0.2) is 30.3 Å². The fourth-order valence-corrected chi connectivity index (χ4v) is 2.58. The van der Waals surface area contributed by atoms with Gasteiger partial charge in [-0.1, -0.05) is 30.3 Å². The number of carbonyl (C=O) groups is 3. The van der Waals surface area contributed by atoms with Crippen LogP contribution in [0.4, 0.5) is 4.79 Å². The monoisotopic (exact) mass is 319 g/mol. The van der Waals surface area contributed by atoms with Gasteiger partial charge in [0.2, 0.25) is 11.8 Å². The van der Waals surface area contributed by atoms with E-state index >= 15 is 0 Å². The number of nitrogens with two attached hydrogens (primary N) is 1. The Labute approximate surface area is 134 Å². The molecule has 0 bridgehead atoms. The number of primary amides is 1. The molecular formula is C16H21N3O4. The lowest BCUT2D eigenvalue weighted by molar-refractivity contribution is -0.138. The summed E-state index contributed by atoms with van der Waals surface area (Å²) < 4.78 is 5.07. The van der Waals surface area contributed by atoms with Crippen LogP contribution in [-0.2, 0) is 20.9 Å². The molecule has 23 heavy (non-hydrogen) atoms. The Hall–Kier alpha value is -2.57. The maximum Gasteiger partial charge on any atom is 0.408 e. The normalized spacial score (nSPS) is 18.3. The van der Waals surface area contributed by atoms with E-state index in [0.717, 1.165) is 12.0 Å². The Balaban J connectivity index is 1.83. The zero-order valence-electron chi connectivity index (χ0n) is 13.0. The highest BCUT2D eigenvalue weighted by Gasteiger charge is 2.35. The summed E-state index contributed by atoms with van der Waals surface area (Å²) in [7, 11) is 0. The minimum atomic E-state index is -0.779. The average molecular weight is 319 g/mol. The average Bonchev–Trinajstić information content (AvgIpc) is 3.03. The van der Waals surface area contributed by atoms with Gasteiger partial charge in [-0.15, -0.1) is 0 Å². The van der Waals surface area contributed by atoms with Crippen LogP contribution >= 0.6 is 0 Å². The molecule has 1 heterocycles. The van der Waals surface area contributed by atoms with Crippen molar-refractivity contribution in [1.29, 1.82) is 0 Å². The van der Waals surface area contributed by atoms with Gasteiger partial charge in [0, 0.05) is 6.54 Å². The molecule has 0 aromatic heterocycles. The van der Waals surface area contributed by atoms with Gasteiger partial charge >= 0.3 is 6.09 Å². The number of alkyl carbamates (subject to hydrolysis) is 1. The lowest BCUT2D eigenvalue weighted by Gasteiger charge is -2.25. The lowest BCUT2D eigenvalue weighted by atomic mass is 10.2. The summed E-state index contributed by atoms with van der Waals surface area (Å²) in [6.07, 6.45) is 0.612. The van der Waals surface area contributed by atoms with Gasteiger partial charge in [0.05, 0.1) is 0 Å². The quantitative estimate of drug-likeness (QED) is 0.837. The predicted molar refractivity (Wildman–Crippen MR) is 83.2 cm³/mol. The second-order valence-electron chi connectivity index (χ2n) is 5.52. The van der Waals surface area contributed by atoms with Crippen molar-refractivity contribution in [3.8, 4) is 0 Å². The number of rotatable bonds is 5. The summed E-state index contributed by atoms with van der Waals surface area (Å²) in [5.41, 5.74) is 6.15. The minimum absolute atomic E-state index is 0.126. The van der Waals surface area contributed by atoms with Gasteiger partial charge in [-0.25, -0.2) is 4.79 Å². The number of carbonyl (C=O) groups excluding carboxylic acids is 3. The summed E-state index contributed by atoms with van der Waals surface area (Å²) in [5.74, 6) is -0.849. The fourth-order valence-electron chi connectivity index (χ4n) is 2.58. The van der Waals surface area contributed by atoms with Crippen molar-refractivity contribution in [2.24, 2.45) is 5.73 Å². The second-order valence-corrected chi connectivity index (χ2v) is 5.52. The summed E-state index contributed by atoms with van der Waals surface area (Å²) in [5, 5.41) is 2.48. The Morgan fingerprint density at radius 2 is 2.04 bits per heavy atom. The van der Waals surface area contributed by atoms with Crippen LogP contribution in [0.5, 0.6) is 0 Å². The molecule has 3 amide bonds. The van der Waals surface area contributed by atoms with Gasteiger partial charge in [-0.2, -0.15) is 0 Å². The number of amides is 3. The molecule has 1 aliphatic rings. The summed E-state index contributed by atoms with van der Waals surface area (Å²) >= 11 is 0. The van der Waals surface area contributed by atoms with E-state index in [-0.39, 0.29) is 12.5 Å². The highest BCUT2D eigenvalue weighted by molar-refractivity contribution is 5.91. The van der Waals surface area contributed by atoms with Gasteiger partial charge in [0.25, 0.3) is 0 Å². The Bertz CT molecular complexity index is 576. The van der Waals surface area contributed by atoms with Crippen molar-refractivity contribution < 1.29 is 19.1 Å². The molecule has 1 aliphatic heterocycles. The van der Waals surface area contributed by atoms with E-state index in [9.17, 15) is 14.4 Å². The molecular weight excluding hydrogens is 298 g/mol. The molecule has 0 unspecified atom stereocenters. The third-order valence-corrected chi connectivity index (χ3v) is 3.78. The molecule has 1 aromatic carbocycles. The van der Waals surface area contributed by atoms with Gasteiger partial charge in [-0.3, -0.25) is 9.59 Å². The van der Waals surface area contributed by atoms with Gasteiger partial charge in [0.15, 0.2) is 0 Å². The molecule has 7 heteroatoms. The lowest BCUT2D eigenvalue weighted by Crippen LogP contribution is -2.51. The first-order chi connectivity index (χ1) is 11.0. The first-order valence-electron chi connectivity index (χ1n) is 7.56. The van der Waals surface area contributed by atoms with Crippen LogP contribution in [0.2, 0.25) is 0 Å². The third kappa shape index (κ3) is 4.45. The van der Waals surface area contributed by atoms with Gasteiger partial charge in [-0.05, 0) is 25.3 Å². The predicted octanol–water partition coefficient (Wildman–Crippen LogP) is 0.778. The van der Waals surface area contributed by atoms with E-state index < -0.39 is 24.1 Å². The number of benzene rings is 1. The molecule has 1 fully saturated rings. The third-order valence-electron chi connectivity index (χ3n) is 3.78. The Kier molecular flexibility index (Phi) is 5.56. The molecule has 7 nitrogen and oxygen atoms in total. The van der Waals surface area contributed by atoms with Crippen LogP contribution in [0, 0.1) is 0 Å². The molecule has 0 aliphatic carbocycles. The summed E-state index contributed by atoms with van der Waals surface area (Å²) in [4.78, 5) is 36.8. The molecule has 2 atom stereocenters. The maximum absolute atomic E-state index is 12.3. The number of likely N-dealkylation sites (tertiary alicyclic amines) is 1. The standard InChI is InChI=1S/C16H21N3O4/c1-11(15(21)19-9-5-8-13(19)14(17)20)18-16(22)23-10-12-6-3-2-4-7-12/h2-4,6-7,11,13H,5,8-10H2,1H3,(H2,17,20)(H,18,22)/t11-,13+/m1/s1. The van der Waals surface area contributed by atoms with Crippen LogP contribution in [0.1, 0.15) is 25.3 Å². The first-order valence-corrected chi connectivity index (χ1v) is 7.56. The van der Waals surface area contributed by atoms with Crippen molar-refractivity contribution in [2.45, 2.75) is 38.5 Å². The second kappa shape index (κ2) is 7.62. The van der Waals surface area contributed by atoms with E-state index in [4.69, 9.17) is 10.5 Å². The fraction of sp³-hybridized carbons (Fsp3) is 0.438. The minimum Gasteiger partial charge on any atom is -0.445 e. The number of hydrogen-bond donors (Lipinski definition) is 2.